The maximum absolute atomic E-state index is 12.9. The number of β-lactam (4-membered cyclic amide) rings is 1. The second-order valence-corrected chi connectivity index (χ2v) is 10.0. The molecule has 1 fully saturated rings. The number of amides is 2. The van der Waals surface area contributed by atoms with Crippen LogP contribution < -0.4 is 11.1 Å². The molecular formula is C20H17N7O7S3. The van der Waals surface area contributed by atoms with Crippen molar-refractivity contribution in [1.82, 2.24) is 25.2 Å². The molecule has 2 unspecified atom stereocenters. The van der Waals surface area contributed by atoms with Gasteiger partial charge < -0.3 is 26.1 Å². The number of nitrogens with zero attached hydrogens (tertiary/aromatic N) is 5. The Hall–Kier alpha value is -3.96. The standard InChI is InChI=1S/C20H17N7O7S3/c21-19-24-10(8-37-19)12(26-34-6-11(28)29)15(30)25-13-16(31)27-14(18(32)33)9(7-36-17(13)27)2-5-35-20-22-3-1-4-23-20/h1-5,8,13,17H,6-7H2,(H2,21,24)(H,25,30)(H,28,29)(H,32,33)/b5-2+,26-12+. The molecular weight excluding hydrogens is 546 g/mol. The van der Waals surface area contributed by atoms with E-state index in [1.165, 1.54) is 28.9 Å². The molecule has 14 nitrogen and oxygen atoms in total. The summed E-state index contributed by atoms with van der Waals surface area (Å²) >= 11 is 3.49. The monoisotopic (exact) mass is 563 g/mol. The number of carboxylic acids is 2. The van der Waals surface area contributed by atoms with Crippen LogP contribution in [-0.4, -0.2) is 83.3 Å². The van der Waals surface area contributed by atoms with Crippen molar-refractivity contribution in [2.75, 3.05) is 18.1 Å². The number of hydrogen-bond acceptors (Lipinski definition) is 13. The van der Waals surface area contributed by atoms with Gasteiger partial charge in [-0.2, -0.15) is 0 Å². The number of carboxylic acid groups (broad SMARTS) is 2. The maximum atomic E-state index is 12.9. The van der Waals surface area contributed by atoms with E-state index < -0.39 is 41.8 Å². The van der Waals surface area contributed by atoms with Crippen molar-refractivity contribution in [2.45, 2.75) is 16.6 Å². The topological polar surface area (TPSA) is 210 Å². The highest BCUT2D eigenvalue weighted by Gasteiger charge is 2.54. The molecule has 192 valence electrons. The molecule has 2 amide bonds. The maximum Gasteiger partial charge on any atom is 0.352 e. The zero-order valence-electron chi connectivity index (χ0n) is 18.5. The summed E-state index contributed by atoms with van der Waals surface area (Å²) in [4.78, 5) is 66.5. The number of aliphatic carboxylic acids is 2. The molecule has 2 aliphatic heterocycles. The summed E-state index contributed by atoms with van der Waals surface area (Å²) in [5, 5.41) is 27.6. The average Bonchev–Trinajstić information content (AvgIpc) is 3.30. The van der Waals surface area contributed by atoms with Crippen molar-refractivity contribution in [2.24, 2.45) is 5.16 Å². The third-order valence-corrected chi connectivity index (χ3v) is 7.47. The SMILES string of the molecule is Nc1nc(/C(=N\OCC(=O)O)C(=O)NC2C(=O)N3C(C(=O)O)=C(/C=C/Sc4ncccn4)CSC23)cs1. The number of allylic oxidation sites excluding steroid dienone is 1. The summed E-state index contributed by atoms with van der Waals surface area (Å²) in [6, 6.07) is 0.621. The fourth-order valence-corrected chi connectivity index (χ4v) is 5.72. The lowest BCUT2D eigenvalue weighted by Gasteiger charge is -2.49. The molecule has 2 atom stereocenters. The lowest BCUT2D eigenvalue weighted by molar-refractivity contribution is -0.150. The van der Waals surface area contributed by atoms with Gasteiger partial charge in [-0.3, -0.25) is 14.5 Å². The summed E-state index contributed by atoms with van der Waals surface area (Å²) in [5.74, 6) is -3.82. The second kappa shape index (κ2) is 11.4. The Bertz CT molecular complexity index is 1330. The lowest BCUT2D eigenvalue weighted by Crippen LogP contribution is -2.71. The number of oxime groups is 1. The number of rotatable bonds is 10. The number of fused-ring (bicyclic) bond motifs is 1. The number of nitrogens with one attached hydrogen (secondary N) is 1. The first-order valence-electron chi connectivity index (χ1n) is 10.2. The summed E-state index contributed by atoms with van der Waals surface area (Å²) in [7, 11) is 0. The van der Waals surface area contributed by atoms with E-state index in [1.807, 2.05) is 0 Å². The van der Waals surface area contributed by atoms with E-state index in [4.69, 9.17) is 10.8 Å². The molecule has 2 aliphatic rings. The Morgan fingerprint density at radius 3 is 2.73 bits per heavy atom. The van der Waals surface area contributed by atoms with Gasteiger partial charge in [0.25, 0.3) is 11.8 Å². The van der Waals surface area contributed by atoms with Crippen LogP contribution in [0.4, 0.5) is 5.13 Å². The number of carbonyl (C=O) groups is 4. The van der Waals surface area contributed by atoms with Crippen LogP contribution in [0.2, 0.25) is 0 Å². The molecule has 0 aliphatic carbocycles. The van der Waals surface area contributed by atoms with Gasteiger partial charge in [-0.15, -0.1) is 23.1 Å². The molecule has 0 aromatic carbocycles. The van der Waals surface area contributed by atoms with Gasteiger partial charge in [0.1, 0.15) is 22.8 Å². The molecule has 1 saturated heterocycles. The molecule has 4 rings (SSSR count). The van der Waals surface area contributed by atoms with Gasteiger partial charge in [-0.05, 0) is 23.1 Å². The highest BCUT2D eigenvalue weighted by molar-refractivity contribution is 8.02. The van der Waals surface area contributed by atoms with Gasteiger partial charge in [-0.25, -0.2) is 24.5 Å². The van der Waals surface area contributed by atoms with E-state index >= 15 is 0 Å². The van der Waals surface area contributed by atoms with Gasteiger partial charge in [0.05, 0.1) is 0 Å². The van der Waals surface area contributed by atoms with Crippen LogP contribution >= 0.6 is 34.9 Å². The van der Waals surface area contributed by atoms with Gasteiger partial charge in [0.15, 0.2) is 16.0 Å². The van der Waals surface area contributed by atoms with Crippen molar-refractivity contribution in [3.8, 4) is 0 Å². The van der Waals surface area contributed by atoms with Crippen LogP contribution in [0, 0.1) is 0 Å². The summed E-state index contributed by atoms with van der Waals surface area (Å²) in [6.07, 6.45) is 4.75. The summed E-state index contributed by atoms with van der Waals surface area (Å²) in [5.41, 5.74) is 5.50. The molecule has 0 radical (unpaired) electrons. The number of carbonyl (C=O) groups excluding carboxylic acids is 2. The number of anilines is 1. The minimum atomic E-state index is -1.31. The van der Waals surface area contributed by atoms with Crippen LogP contribution in [0.3, 0.4) is 0 Å². The number of nitrogens with two attached hydrogens (primary N) is 1. The number of nitrogen functional groups attached to an aromatic ring is 1. The second-order valence-electron chi connectivity index (χ2n) is 7.17. The first-order chi connectivity index (χ1) is 17.8. The lowest BCUT2D eigenvalue weighted by atomic mass is 10.0. The molecule has 2 aromatic heterocycles. The van der Waals surface area contributed by atoms with E-state index in [0.717, 1.165) is 16.2 Å². The smallest absolute Gasteiger partial charge is 0.352 e. The minimum Gasteiger partial charge on any atom is -0.479 e. The zero-order chi connectivity index (χ0) is 26.5. The van der Waals surface area contributed by atoms with Crippen LogP contribution in [0.15, 0.2) is 56.9 Å². The molecule has 0 spiro atoms. The molecule has 5 N–H and O–H groups in total. The van der Waals surface area contributed by atoms with Crippen LogP contribution in [0.25, 0.3) is 0 Å². The van der Waals surface area contributed by atoms with E-state index in [9.17, 15) is 24.3 Å². The van der Waals surface area contributed by atoms with Gasteiger partial charge in [-0.1, -0.05) is 16.9 Å². The Morgan fingerprint density at radius 2 is 2.08 bits per heavy atom. The van der Waals surface area contributed by atoms with Crippen molar-refractivity contribution < 1.29 is 34.2 Å². The van der Waals surface area contributed by atoms with E-state index in [1.54, 1.807) is 29.9 Å². The Balaban J connectivity index is 1.49. The highest BCUT2D eigenvalue weighted by Crippen LogP contribution is 2.41. The first kappa shape index (κ1) is 26.1. The van der Waals surface area contributed by atoms with Crippen LogP contribution in [0.1, 0.15) is 5.69 Å². The Labute approximate surface area is 220 Å². The Kier molecular flexibility index (Phi) is 8.04. The molecule has 0 saturated carbocycles. The largest absolute Gasteiger partial charge is 0.479 e. The van der Waals surface area contributed by atoms with E-state index in [-0.39, 0.29) is 28.0 Å². The number of aromatic nitrogens is 3. The van der Waals surface area contributed by atoms with Crippen molar-refractivity contribution >= 4 is 69.5 Å². The molecule has 0 bridgehead atoms. The normalized spacial score (nSPS) is 19.4. The fraction of sp³-hybridized carbons (Fsp3) is 0.200. The highest BCUT2D eigenvalue weighted by atomic mass is 32.2. The van der Waals surface area contributed by atoms with E-state index in [2.05, 4.69) is 30.3 Å². The van der Waals surface area contributed by atoms with Crippen molar-refractivity contribution in [3.63, 3.8) is 0 Å². The number of thiazole rings is 1. The predicted octanol–water partition coefficient (Wildman–Crippen LogP) is 0.365. The molecule has 17 heteroatoms. The number of thioether (sulfide) groups is 2. The average molecular weight is 564 g/mol. The summed E-state index contributed by atoms with van der Waals surface area (Å²) in [6.45, 7) is -0.803. The van der Waals surface area contributed by atoms with Crippen molar-refractivity contribution in [3.05, 3.63) is 52.3 Å². The van der Waals surface area contributed by atoms with Crippen molar-refractivity contribution in [1.29, 1.82) is 0 Å². The third kappa shape index (κ3) is 5.89. The molecule has 2 aromatic rings. The quantitative estimate of drug-likeness (QED) is 0.101. The van der Waals surface area contributed by atoms with Gasteiger partial charge in [0, 0.05) is 23.5 Å². The first-order valence-corrected chi connectivity index (χ1v) is 13.0. The fourth-order valence-electron chi connectivity index (χ4n) is 3.26. The van der Waals surface area contributed by atoms with Gasteiger partial charge in [0.2, 0.25) is 6.61 Å². The van der Waals surface area contributed by atoms with E-state index in [0.29, 0.717) is 10.7 Å². The van der Waals surface area contributed by atoms with Gasteiger partial charge >= 0.3 is 11.9 Å². The molecule has 4 heterocycles. The predicted molar refractivity (Wildman–Crippen MR) is 133 cm³/mol. The minimum absolute atomic E-state index is 0.0313. The molecule has 37 heavy (non-hydrogen) atoms. The zero-order valence-corrected chi connectivity index (χ0v) is 21.0. The third-order valence-electron chi connectivity index (χ3n) is 4.80. The summed E-state index contributed by atoms with van der Waals surface area (Å²) < 4.78 is 0. The Morgan fingerprint density at radius 1 is 1.32 bits per heavy atom. The van der Waals surface area contributed by atoms with Crippen LogP contribution in [-0.2, 0) is 24.0 Å². The number of hydrogen-bond donors (Lipinski definition) is 4. The van der Waals surface area contributed by atoms with Crippen LogP contribution in [0.5, 0.6) is 0 Å².